The highest BCUT2D eigenvalue weighted by Gasteiger charge is 2.00. The Bertz CT molecular complexity index is 449. The van der Waals surface area contributed by atoms with Gasteiger partial charge < -0.3 is 5.11 Å². The second-order valence-corrected chi connectivity index (χ2v) is 3.08. The summed E-state index contributed by atoms with van der Waals surface area (Å²) in [6.45, 7) is 0. The Kier molecular flexibility index (Phi) is 3.83. The van der Waals surface area contributed by atoms with E-state index in [1.165, 1.54) is 12.3 Å². The number of hydrogen-bond acceptors (Lipinski definition) is 3. The van der Waals surface area contributed by atoms with Crippen LogP contribution < -0.4 is 0 Å². The second kappa shape index (κ2) is 5.13. The van der Waals surface area contributed by atoms with E-state index in [0.717, 1.165) is 0 Å². The molecule has 1 aromatic heterocycles. The Morgan fingerprint density at radius 1 is 1.73 bits per heavy atom. The zero-order valence-corrected chi connectivity index (χ0v) is 8.40. The predicted molar refractivity (Wildman–Crippen MR) is 55.2 cm³/mol. The summed E-state index contributed by atoms with van der Waals surface area (Å²) in [4.78, 5) is 14.0. The lowest BCUT2D eigenvalue weighted by Gasteiger charge is -1.95. The number of nitrogens with zero attached hydrogens (tertiary/aromatic N) is 2. The largest absolute Gasteiger partial charge is 0.481 e. The predicted octanol–water partition coefficient (Wildman–Crippen LogP) is 2.09. The highest BCUT2D eigenvalue weighted by Crippen LogP contribution is 2.13. The Hall–Kier alpha value is -1.86. The third kappa shape index (κ3) is 3.41. The van der Waals surface area contributed by atoms with E-state index in [2.05, 4.69) is 4.98 Å². The van der Waals surface area contributed by atoms with E-state index in [4.69, 9.17) is 22.0 Å². The van der Waals surface area contributed by atoms with Gasteiger partial charge in [0.25, 0.3) is 0 Å². The van der Waals surface area contributed by atoms with Gasteiger partial charge in [-0.3, -0.25) is 4.79 Å². The minimum atomic E-state index is -0.909. The van der Waals surface area contributed by atoms with Gasteiger partial charge in [0, 0.05) is 6.20 Å². The van der Waals surface area contributed by atoms with Gasteiger partial charge in [0.15, 0.2) is 0 Å². The number of halogens is 1. The van der Waals surface area contributed by atoms with Gasteiger partial charge in [-0.05, 0) is 11.6 Å². The normalized spacial score (nSPS) is 10.1. The standard InChI is InChI=1S/C10H7ClN2O2/c11-10-8(5-12)4-7(6-13-10)2-1-3-9(14)15/h1-2,4,6H,3H2,(H,14,15). The van der Waals surface area contributed by atoms with Crippen LogP contribution in [0, 0.1) is 11.3 Å². The highest BCUT2D eigenvalue weighted by atomic mass is 35.5. The summed E-state index contributed by atoms with van der Waals surface area (Å²) in [5.41, 5.74) is 0.923. The van der Waals surface area contributed by atoms with E-state index in [-0.39, 0.29) is 17.1 Å². The molecule has 1 rings (SSSR count). The fraction of sp³-hybridized carbons (Fsp3) is 0.100. The molecule has 0 aliphatic carbocycles. The van der Waals surface area contributed by atoms with Crippen LogP contribution in [0.2, 0.25) is 5.15 Å². The molecule has 1 aromatic rings. The molecule has 76 valence electrons. The highest BCUT2D eigenvalue weighted by molar-refractivity contribution is 6.30. The molecule has 0 spiro atoms. The van der Waals surface area contributed by atoms with Crippen molar-refractivity contribution in [1.29, 1.82) is 5.26 Å². The SMILES string of the molecule is N#Cc1cc(C=CCC(=O)O)cnc1Cl. The van der Waals surface area contributed by atoms with Crippen LogP contribution in [0.3, 0.4) is 0 Å². The fourth-order valence-corrected chi connectivity index (χ4v) is 1.08. The molecule has 1 heterocycles. The van der Waals surface area contributed by atoms with E-state index in [0.29, 0.717) is 5.56 Å². The molecular weight excluding hydrogens is 216 g/mol. The number of carboxylic acids is 1. The van der Waals surface area contributed by atoms with Crippen molar-refractivity contribution in [3.63, 3.8) is 0 Å². The Morgan fingerprint density at radius 2 is 2.47 bits per heavy atom. The van der Waals surface area contributed by atoms with Crippen molar-refractivity contribution in [3.8, 4) is 6.07 Å². The van der Waals surface area contributed by atoms with Crippen molar-refractivity contribution < 1.29 is 9.90 Å². The topological polar surface area (TPSA) is 74.0 Å². The molecule has 0 saturated carbocycles. The molecular formula is C10H7ClN2O2. The first-order valence-corrected chi connectivity index (χ1v) is 4.45. The number of carbonyl (C=O) groups is 1. The molecule has 0 amide bonds. The van der Waals surface area contributed by atoms with Crippen molar-refractivity contribution in [3.05, 3.63) is 34.6 Å². The zero-order valence-electron chi connectivity index (χ0n) is 7.64. The summed E-state index contributed by atoms with van der Waals surface area (Å²) in [5.74, 6) is -0.909. The van der Waals surface area contributed by atoms with Crippen LogP contribution in [-0.2, 0) is 4.79 Å². The fourth-order valence-electron chi connectivity index (χ4n) is 0.930. The lowest BCUT2D eigenvalue weighted by Crippen LogP contribution is -1.90. The number of aliphatic carboxylic acids is 1. The first-order valence-electron chi connectivity index (χ1n) is 4.07. The van der Waals surface area contributed by atoms with Crippen LogP contribution in [0.25, 0.3) is 6.08 Å². The van der Waals surface area contributed by atoms with Crippen LogP contribution in [0.5, 0.6) is 0 Å². The van der Waals surface area contributed by atoms with Crippen molar-refractivity contribution in [2.24, 2.45) is 0 Å². The third-order valence-electron chi connectivity index (χ3n) is 1.58. The minimum Gasteiger partial charge on any atom is -0.481 e. The number of aromatic nitrogens is 1. The third-order valence-corrected chi connectivity index (χ3v) is 1.88. The molecule has 0 aliphatic rings. The maximum atomic E-state index is 10.2. The molecule has 15 heavy (non-hydrogen) atoms. The number of carboxylic acid groups (broad SMARTS) is 1. The van der Waals surface area contributed by atoms with Crippen LogP contribution >= 0.6 is 11.6 Å². The second-order valence-electron chi connectivity index (χ2n) is 2.72. The van der Waals surface area contributed by atoms with Crippen LogP contribution in [0.15, 0.2) is 18.3 Å². The molecule has 0 radical (unpaired) electrons. The lowest BCUT2D eigenvalue weighted by atomic mass is 10.2. The Morgan fingerprint density at radius 3 is 3.07 bits per heavy atom. The van der Waals surface area contributed by atoms with Crippen molar-refractivity contribution in [1.82, 2.24) is 4.98 Å². The molecule has 0 bridgehead atoms. The molecule has 5 heteroatoms. The van der Waals surface area contributed by atoms with Gasteiger partial charge in [0.1, 0.15) is 11.2 Å². The van der Waals surface area contributed by atoms with Crippen molar-refractivity contribution in [2.75, 3.05) is 0 Å². The minimum absolute atomic E-state index is 0.0650. The Balaban J connectivity index is 2.84. The smallest absolute Gasteiger partial charge is 0.307 e. The van der Waals surface area contributed by atoms with Crippen LogP contribution in [-0.4, -0.2) is 16.1 Å². The van der Waals surface area contributed by atoms with Crippen LogP contribution in [0.4, 0.5) is 0 Å². The maximum Gasteiger partial charge on any atom is 0.307 e. The summed E-state index contributed by atoms with van der Waals surface area (Å²) < 4.78 is 0. The number of pyridine rings is 1. The summed E-state index contributed by atoms with van der Waals surface area (Å²) in [7, 11) is 0. The zero-order chi connectivity index (χ0) is 11.3. The van der Waals surface area contributed by atoms with Gasteiger partial charge in [-0.15, -0.1) is 0 Å². The van der Waals surface area contributed by atoms with Crippen molar-refractivity contribution in [2.45, 2.75) is 6.42 Å². The number of rotatable bonds is 3. The van der Waals surface area contributed by atoms with Gasteiger partial charge in [-0.2, -0.15) is 5.26 Å². The number of hydrogen-bond donors (Lipinski definition) is 1. The lowest BCUT2D eigenvalue weighted by molar-refractivity contribution is -0.135. The molecule has 0 aromatic carbocycles. The Labute approximate surface area is 91.4 Å². The van der Waals surface area contributed by atoms with Gasteiger partial charge in [0.05, 0.1) is 12.0 Å². The van der Waals surface area contributed by atoms with Gasteiger partial charge in [0.2, 0.25) is 0 Å². The summed E-state index contributed by atoms with van der Waals surface area (Å²) in [5, 5.41) is 17.2. The summed E-state index contributed by atoms with van der Waals surface area (Å²) in [6.07, 6.45) is 4.47. The van der Waals surface area contributed by atoms with Crippen LogP contribution in [0.1, 0.15) is 17.5 Å². The quantitative estimate of drug-likeness (QED) is 0.795. The summed E-state index contributed by atoms with van der Waals surface area (Å²) >= 11 is 5.63. The molecule has 0 fully saturated rings. The van der Waals surface area contributed by atoms with E-state index in [1.54, 1.807) is 12.1 Å². The average Bonchev–Trinajstić information content (AvgIpc) is 2.20. The van der Waals surface area contributed by atoms with E-state index >= 15 is 0 Å². The number of nitriles is 1. The van der Waals surface area contributed by atoms with Gasteiger partial charge >= 0.3 is 5.97 Å². The monoisotopic (exact) mass is 222 g/mol. The molecule has 0 atom stereocenters. The molecule has 1 N–H and O–H groups in total. The first kappa shape index (κ1) is 11.2. The average molecular weight is 223 g/mol. The summed E-state index contributed by atoms with van der Waals surface area (Å²) in [6, 6.07) is 3.44. The molecule has 4 nitrogen and oxygen atoms in total. The van der Waals surface area contributed by atoms with Crippen molar-refractivity contribution >= 4 is 23.6 Å². The van der Waals surface area contributed by atoms with E-state index in [1.807, 2.05) is 6.07 Å². The first-order chi connectivity index (χ1) is 7.13. The molecule has 0 saturated heterocycles. The maximum absolute atomic E-state index is 10.2. The molecule has 0 aliphatic heterocycles. The van der Waals surface area contributed by atoms with Gasteiger partial charge in [-0.25, -0.2) is 4.98 Å². The van der Waals surface area contributed by atoms with E-state index < -0.39 is 5.97 Å². The van der Waals surface area contributed by atoms with Gasteiger partial charge in [-0.1, -0.05) is 23.8 Å². The molecule has 0 unspecified atom stereocenters. The van der Waals surface area contributed by atoms with E-state index in [9.17, 15) is 4.79 Å².